The Balaban J connectivity index is 1.65. The van der Waals surface area contributed by atoms with Gasteiger partial charge in [0, 0.05) is 25.6 Å². The van der Waals surface area contributed by atoms with E-state index in [1.807, 2.05) is 0 Å². The van der Waals surface area contributed by atoms with Crippen molar-refractivity contribution in [3.05, 3.63) is 0 Å². The first-order chi connectivity index (χ1) is 10.6. The quantitative estimate of drug-likeness (QED) is 0.791. The van der Waals surface area contributed by atoms with Gasteiger partial charge in [0.25, 0.3) is 0 Å². The van der Waals surface area contributed by atoms with E-state index in [-0.39, 0.29) is 5.91 Å². The highest BCUT2D eigenvalue weighted by molar-refractivity contribution is 5.76. The summed E-state index contributed by atoms with van der Waals surface area (Å²) < 4.78 is 0. The lowest BCUT2D eigenvalue weighted by molar-refractivity contribution is -0.122. The molecule has 0 bridgehead atoms. The molecular formula is C18H35N3O. The molecule has 128 valence electrons. The molecule has 2 aliphatic rings. The van der Waals surface area contributed by atoms with E-state index in [9.17, 15) is 4.79 Å². The second kappa shape index (κ2) is 8.88. The fourth-order valence-electron chi connectivity index (χ4n) is 3.91. The molecule has 0 aromatic rings. The first-order valence-electron chi connectivity index (χ1n) is 9.27. The fraction of sp³-hybridized carbons (Fsp3) is 0.944. The molecule has 0 radical (unpaired) electrons. The van der Waals surface area contributed by atoms with Crippen LogP contribution in [0.3, 0.4) is 0 Å². The highest BCUT2D eigenvalue weighted by Crippen LogP contribution is 2.22. The van der Waals surface area contributed by atoms with Crippen molar-refractivity contribution in [3.8, 4) is 0 Å². The molecule has 2 aliphatic heterocycles. The predicted octanol–water partition coefficient (Wildman–Crippen LogP) is 2.25. The van der Waals surface area contributed by atoms with Crippen LogP contribution >= 0.6 is 0 Å². The summed E-state index contributed by atoms with van der Waals surface area (Å²) in [4.78, 5) is 14.7. The van der Waals surface area contributed by atoms with Gasteiger partial charge >= 0.3 is 0 Å². The third-order valence-electron chi connectivity index (χ3n) is 5.55. The third-order valence-corrected chi connectivity index (χ3v) is 5.55. The molecule has 4 heteroatoms. The number of rotatable bonds is 6. The largest absolute Gasteiger partial charge is 0.355 e. The normalized spacial score (nSPS) is 29.8. The lowest BCUT2D eigenvalue weighted by Gasteiger charge is -2.35. The van der Waals surface area contributed by atoms with Crippen LogP contribution in [0.25, 0.3) is 0 Å². The number of nitrogens with one attached hydrogen (secondary N) is 2. The van der Waals surface area contributed by atoms with Gasteiger partial charge in [0.05, 0.1) is 0 Å². The van der Waals surface area contributed by atoms with E-state index in [1.54, 1.807) is 0 Å². The summed E-state index contributed by atoms with van der Waals surface area (Å²) in [5.41, 5.74) is 0. The van der Waals surface area contributed by atoms with Gasteiger partial charge in [-0.3, -0.25) is 9.69 Å². The van der Waals surface area contributed by atoms with E-state index < -0.39 is 0 Å². The van der Waals surface area contributed by atoms with Crippen LogP contribution in [0.2, 0.25) is 0 Å². The molecule has 2 fully saturated rings. The van der Waals surface area contributed by atoms with Crippen molar-refractivity contribution in [1.29, 1.82) is 0 Å². The monoisotopic (exact) mass is 309 g/mol. The topological polar surface area (TPSA) is 44.4 Å². The van der Waals surface area contributed by atoms with E-state index in [2.05, 4.69) is 36.3 Å². The number of likely N-dealkylation sites (tertiary alicyclic amines) is 1. The Kier molecular flexibility index (Phi) is 7.16. The van der Waals surface area contributed by atoms with Gasteiger partial charge < -0.3 is 10.6 Å². The Hall–Kier alpha value is -0.610. The first kappa shape index (κ1) is 17.7. The maximum atomic E-state index is 12.2. The number of piperidine rings is 2. The highest BCUT2D eigenvalue weighted by atomic mass is 16.1. The molecule has 0 aromatic heterocycles. The summed E-state index contributed by atoms with van der Waals surface area (Å²) in [5, 5.41) is 6.61. The molecule has 4 atom stereocenters. The Morgan fingerprint density at radius 3 is 2.82 bits per heavy atom. The van der Waals surface area contributed by atoms with Crippen molar-refractivity contribution in [1.82, 2.24) is 15.5 Å². The average molecular weight is 309 g/mol. The van der Waals surface area contributed by atoms with Crippen molar-refractivity contribution in [3.63, 3.8) is 0 Å². The summed E-state index contributed by atoms with van der Waals surface area (Å²) in [7, 11) is 0. The van der Waals surface area contributed by atoms with Gasteiger partial charge in [0.2, 0.25) is 5.91 Å². The van der Waals surface area contributed by atoms with E-state index >= 15 is 0 Å². The van der Waals surface area contributed by atoms with Crippen molar-refractivity contribution in [2.24, 2.45) is 17.8 Å². The molecule has 0 saturated carbocycles. The summed E-state index contributed by atoms with van der Waals surface area (Å²) in [5.74, 6) is 2.18. The van der Waals surface area contributed by atoms with Gasteiger partial charge in [-0.2, -0.15) is 0 Å². The van der Waals surface area contributed by atoms with Gasteiger partial charge in [-0.25, -0.2) is 0 Å². The third kappa shape index (κ3) is 5.54. The molecule has 0 aromatic carbocycles. The van der Waals surface area contributed by atoms with Gasteiger partial charge in [-0.1, -0.05) is 13.8 Å². The second-order valence-electron chi connectivity index (χ2n) is 7.68. The molecule has 2 N–H and O–H groups in total. The van der Waals surface area contributed by atoms with Crippen LogP contribution in [0, 0.1) is 17.8 Å². The molecule has 2 rings (SSSR count). The van der Waals surface area contributed by atoms with E-state index in [1.165, 1.54) is 38.8 Å². The molecule has 0 spiro atoms. The minimum atomic E-state index is 0.231. The minimum absolute atomic E-state index is 0.231. The standard InChI is InChI=1S/C18H35N3O/c1-14-6-5-9-21(13-14)16(3)11-20-18(22)10-15(2)17-7-4-8-19-12-17/h14-17,19H,4-13H2,1-3H3,(H,20,22). The zero-order valence-electron chi connectivity index (χ0n) is 14.7. The van der Waals surface area contributed by atoms with Gasteiger partial charge in [-0.15, -0.1) is 0 Å². The van der Waals surface area contributed by atoms with Crippen molar-refractivity contribution < 1.29 is 4.79 Å². The first-order valence-corrected chi connectivity index (χ1v) is 9.27. The Labute approximate surface area is 136 Å². The smallest absolute Gasteiger partial charge is 0.220 e. The van der Waals surface area contributed by atoms with Gasteiger partial charge in [0.15, 0.2) is 0 Å². The molecule has 0 aliphatic carbocycles. The summed E-state index contributed by atoms with van der Waals surface area (Å²) in [6, 6.07) is 0.457. The summed E-state index contributed by atoms with van der Waals surface area (Å²) in [6.45, 7) is 12.2. The average Bonchev–Trinajstić information content (AvgIpc) is 2.53. The lowest BCUT2D eigenvalue weighted by Crippen LogP contribution is -2.46. The maximum Gasteiger partial charge on any atom is 0.220 e. The fourth-order valence-corrected chi connectivity index (χ4v) is 3.91. The zero-order chi connectivity index (χ0) is 15.9. The zero-order valence-corrected chi connectivity index (χ0v) is 14.7. The molecule has 2 heterocycles. The van der Waals surface area contributed by atoms with Crippen LogP contribution < -0.4 is 10.6 Å². The summed E-state index contributed by atoms with van der Waals surface area (Å²) >= 11 is 0. The maximum absolute atomic E-state index is 12.2. The number of carbonyl (C=O) groups is 1. The van der Waals surface area contributed by atoms with Crippen molar-refractivity contribution in [2.75, 3.05) is 32.7 Å². The minimum Gasteiger partial charge on any atom is -0.355 e. The number of hydrogen-bond acceptors (Lipinski definition) is 3. The SMILES string of the molecule is CC1CCCN(C(C)CNC(=O)CC(C)C2CCCNC2)C1. The van der Waals surface area contributed by atoms with Crippen LogP contribution in [0.5, 0.6) is 0 Å². The number of hydrogen-bond donors (Lipinski definition) is 2. The number of amides is 1. The molecule has 4 unspecified atom stereocenters. The predicted molar refractivity (Wildman–Crippen MR) is 91.8 cm³/mol. The molecule has 4 nitrogen and oxygen atoms in total. The van der Waals surface area contributed by atoms with Crippen molar-refractivity contribution in [2.45, 2.75) is 58.9 Å². The van der Waals surface area contributed by atoms with Gasteiger partial charge in [0.1, 0.15) is 0 Å². The highest BCUT2D eigenvalue weighted by Gasteiger charge is 2.23. The molecule has 22 heavy (non-hydrogen) atoms. The van der Waals surface area contributed by atoms with Crippen LogP contribution in [0.15, 0.2) is 0 Å². The summed E-state index contributed by atoms with van der Waals surface area (Å²) in [6.07, 6.45) is 5.84. The second-order valence-corrected chi connectivity index (χ2v) is 7.68. The Morgan fingerprint density at radius 1 is 1.32 bits per heavy atom. The van der Waals surface area contributed by atoms with Crippen LogP contribution in [0.1, 0.15) is 52.9 Å². The molecular weight excluding hydrogens is 274 g/mol. The van der Waals surface area contributed by atoms with Gasteiger partial charge in [-0.05, 0) is 70.0 Å². The van der Waals surface area contributed by atoms with E-state index in [4.69, 9.17) is 0 Å². The molecule has 2 saturated heterocycles. The molecule has 1 amide bonds. The Morgan fingerprint density at radius 2 is 2.14 bits per heavy atom. The van der Waals surface area contributed by atoms with Crippen LogP contribution in [-0.4, -0.2) is 49.6 Å². The van der Waals surface area contributed by atoms with E-state index in [0.717, 1.165) is 25.6 Å². The number of carbonyl (C=O) groups excluding carboxylic acids is 1. The number of nitrogens with zero attached hydrogens (tertiary/aromatic N) is 1. The van der Waals surface area contributed by atoms with Crippen LogP contribution in [0.4, 0.5) is 0 Å². The lowest BCUT2D eigenvalue weighted by atomic mass is 9.85. The Bertz CT molecular complexity index is 341. The van der Waals surface area contributed by atoms with Crippen LogP contribution in [-0.2, 0) is 4.79 Å². The van der Waals surface area contributed by atoms with Crippen molar-refractivity contribution >= 4 is 5.91 Å². The van der Waals surface area contributed by atoms with E-state index in [0.29, 0.717) is 24.3 Å².